The predicted octanol–water partition coefficient (Wildman–Crippen LogP) is 2.74. The molecule has 0 amide bonds. The zero-order valence-electron chi connectivity index (χ0n) is 9.09. The van der Waals surface area contributed by atoms with Crippen LogP contribution in [0.2, 0.25) is 0 Å². The van der Waals surface area contributed by atoms with Crippen LogP contribution in [0.3, 0.4) is 0 Å². The van der Waals surface area contributed by atoms with E-state index in [-0.39, 0.29) is 6.61 Å². The van der Waals surface area contributed by atoms with Crippen LogP contribution in [0.15, 0.2) is 0 Å². The van der Waals surface area contributed by atoms with Gasteiger partial charge < -0.3 is 9.84 Å². The lowest BCUT2D eigenvalue weighted by Crippen LogP contribution is -2.11. The SMILES string of the molecule is CCCCCCCC(C)OCCO. The van der Waals surface area contributed by atoms with Crippen LogP contribution in [-0.2, 0) is 4.74 Å². The normalized spacial score (nSPS) is 13.2. The molecule has 13 heavy (non-hydrogen) atoms. The molecule has 0 aliphatic heterocycles. The first-order chi connectivity index (χ1) is 6.31. The molecule has 0 aromatic carbocycles. The summed E-state index contributed by atoms with van der Waals surface area (Å²) >= 11 is 0. The lowest BCUT2D eigenvalue weighted by atomic mass is 10.1. The van der Waals surface area contributed by atoms with Gasteiger partial charge in [0.25, 0.3) is 0 Å². The molecule has 1 unspecified atom stereocenters. The molecule has 0 radical (unpaired) electrons. The molecule has 0 aromatic heterocycles. The van der Waals surface area contributed by atoms with Gasteiger partial charge in [-0.05, 0) is 13.3 Å². The summed E-state index contributed by atoms with van der Waals surface area (Å²) in [5.41, 5.74) is 0. The smallest absolute Gasteiger partial charge is 0.0701 e. The monoisotopic (exact) mass is 188 g/mol. The third-order valence-corrected chi connectivity index (χ3v) is 2.21. The van der Waals surface area contributed by atoms with Gasteiger partial charge in [-0.2, -0.15) is 0 Å². The summed E-state index contributed by atoms with van der Waals surface area (Å²) in [6.07, 6.45) is 8.02. The van der Waals surface area contributed by atoms with Crippen molar-refractivity contribution in [2.24, 2.45) is 0 Å². The van der Waals surface area contributed by atoms with Crippen molar-refractivity contribution in [1.29, 1.82) is 0 Å². The van der Waals surface area contributed by atoms with E-state index in [1.807, 2.05) is 0 Å². The second kappa shape index (κ2) is 10.0. The van der Waals surface area contributed by atoms with Crippen molar-refractivity contribution in [3.63, 3.8) is 0 Å². The van der Waals surface area contributed by atoms with E-state index in [9.17, 15) is 0 Å². The molecule has 0 rings (SSSR count). The van der Waals surface area contributed by atoms with E-state index in [4.69, 9.17) is 9.84 Å². The van der Waals surface area contributed by atoms with Gasteiger partial charge in [0.15, 0.2) is 0 Å². The van der Waals surface area contributed by atoms with Crippen LogP contribution in [0.4, 0.5) is 0 Å². The number of aliphatic hydroxyl groups excluding tert-OH is 1. The molecular formula is C11H24O2. The van der Waals surface area contributed by atoms with Crippen LogP contribution in [0.25, 0.3) is 0 Å². The molecule has 2 heteroatoms. The van der Waals surface area contributed by atoms with Gasteiger partial charge in [0, 0.05) is 0 Å². The van der Waals surface area contributed by atoms with E-state index < -0.39 is 0 Å². The Morgan fingerprint density at radius 2 is 1.85 bits per heavy atom. The molecule has 0 bridgehead atoms. The van der Waals surface area contributed by atoms with Crippen LogP contribution in [0.1, 0.15) is 52.4 Å². The van der Waals surface area contributed by atoms with E-state index in [2.05, 4.69) is 13.8 Å². The summed E-state index contributed by atoms with van der Waals surface area (Å²) in [5.74, 6) is 0. The van der Waals surface area contributed by atoms with Gasteiger partial charge in [0.1, 0.15) is 0 Å². The Bertz CT molecular complexity index is 94.1. The number of ether oxygens (including phenoxy) is 1. The van der Waals surface area contributed by atoms with Crippen LogP contribution in [0, 0.1) is 0 Å². The van der Waals surface area contributed by atoms with Crippen molar-refractivity contribution < 1.29 is 9.84 Å². The van der Waals surface area contributed by atoms with Crippen molar-refractivity contribution in [2.45, 2.75) is 58.5 Å². The minimum Gasteiger partial charge on any atom is -0.394 e. The second-order valence-electron chi connectivity index (χ2n) is 3.61. The standard InChI is InChI=1S/C11H24O2/c1-3-4-5-6-7-8-11(2)13-10-9-12/h11-12H,3-10H2,1-2H3. The van der Waals surface area contributed by atoms with Crippen molar-refractivity contribution >= 4 is 0 Å². The molecular weight excluding hydrogens is 164 g/mol. The number of aliphatic hydroxyl groups is 1. The Labute approximate surface area is 82.3 Å². The van der Waals surface area contributed by atoms with Crippen LogP contribution < -0.4 is 0 Å². The summed E-state index contributed by atoms with van der Waals surface area (Å²) in [5, 5.41) is 8.53. The quantitative estimate of drug-likeness (QED) is 0.564. The molecule has 0 heterocycles. The maximum absolute atomic E-state index is 8.53. The maximum Gasteiger partial charge on any atom is 0.0701 e. The molecule has 0 saturated carbocycles. The zero-order valence-corrected chi connectivity index (χ0v) is 9.09. The highest BCUT2D eigenvalue weighted by molar-refractivity contribution is 4.51. The first-order valence-electron chi connectivity index (χ1n) is 5.53. The topological polar surface area (TPSA) is 29.5 Å². The first kappa shape index (κ1) is 12.9. The van der Waals surface area contributed by atoms with E-state index in [1.165, 1.54) is 32.1 Å². The number of hydrogen-bond donors (Lipinski definition) is 1. The van der Waals surface area contributed by atoms with E-state index in [0.29, 0.717) is 12.7 Å². The van der Waals surface area contributed by atoms with Crippen molar-refractivity contribution in [3.05, 3.63) is 0 Å². The Kier molecular flexibility index (Phi) is 9.94. The van der Waals surface area contributed by atoms with E-state index in [0.717, 1.165) is 6.42 Å². The highest BCUT2D eigenvalue weighted by Gasteiger charge is 2.00. The summed E-state index contributed by atoms with van der Waals surface area (Å²) < 4.78 is 5.35. The van der Waals surface area contributed by atoms with Gasteiger partial charge >= 0.3 is 0 Å². The Hall–Kier alpha value is -0.0800. The fourth-order valence-electron chi connectivity index (χ4n) is 1.37. The summed E-state index contributed by atoms with van der Waals surface area (Å²) in [6.45, 7) is 4.93. The van der Waals surface area contributed by atoms with Crippen LogP contribution in [-0.4, -0.2) is 24.4 Å². The van der Waals surface area contributed by atoms with Crippen molar-refractivity contribution in [2.75, 3.05) is 13.2 Å². The molecule has 0 aliphatic rings. The van der Waals surface area contributed by atoms with Gasteiger partial charge in [0.05, 0.1) is 19.3 Å². The largest absolute Gasteiger partial charge is 0.394 e. The predicted molar refractivity (Wildman–Crippen MR) is 55.9 cm³/mol. The maximum atomic E-state index is 8.53. The van der Waals surface area contributed by atoms with Crippen molar-refractivity contribution in [1.82, 2.24) is 0 Å². The molecule has 1 atom stereocenters. The molecule has 0 aromatic rings. The van der Waals surface area contributed by atoms with Crippen LogP contribution in [0.5, 0.6) is 0 Å². The second-order valence-corrected chi connectivity index (χ2v) is 3.61. The lowest BCUT2D eigenvalue weighted by Gasteiger charge is -2.11. The average Bonchev–Trinajstić information content (AvgIpc) is 2.14. The van der Waals surface area contributed by atoms with Gasteiger partial charge in [-0.15, -0.1) is 0 Å². The molecule has 1 N–H and O–H groups in total. The summed E-state index contributed by atoms with van der Waals surface area (Å²) in [6, 6.07) is 0. The van der Waals surface area contributed by atoms with E-state index in [1.54, 1.807) is 0 Å². The van der Waals surface area contributed by atoms with Crippen LogP contribution >= 0.6 is 0 Å². The molecule has 0 fully saturated rings. The first-order valence-corrected chi connectivity index (χ1v) is 5.53. The van der Waals surface area contributed by atoms with Gasteiger partial charge in [-0.25, -0.2) is 0 Å². The highest BCUT2D eigenvalue weighted by atomic mass is 16.5. The summed E-state index contributed by atoms with van der Waals surface area (Å²) in [7, 11) is 0. The average molecular weight is 188 g/mol. The molecule has 80 valence electrons. The molecule has 0 spiro atoms. The Morgan fingerprint density at radius 1 is 1.15 bits per heavy atom. The van der Waals surface area contributed by atoms with E-state index >= 15 is 0 Å². The highest BCUT2D eigenvalue weighted by Crippen LogP contribution is 2.08. The number of unbranched alkanes of at least 4 members (excludes halogenated alkanes) is 4. The Morgan fingerprint density at radius 3 is 2.46 bits per heavy atom. The minimum absolute atomic E-state index is 0.139. The fourth-order valence-corrected chi connectivity index (χ4v) is 1.37. The van der Waals surface area contributed by atoms with Gasteiger partial charge in [-0.3, -0.25) is 0 Å². The molecule has 0 saturated heterocycles. The van der Waals surface area contributed by atoms with Gasteiger partial charge in [0.2, 0.25) is 0 Å². The van der Waals surface area contributed by atoms with Gasteiger partial charge in [-0.1, -0.05) is 39.0 Å². The number of rotatable bonds is 9. The lowest BCUT2D eigenvalue weighted by molar-refractivity contribution is 0.0333. The fraction of sp³-hybridized carbons (Fsp3) is 1.00. The third-order valence-electron chi connectivity index (χ3n) is 2.21. The third kappa shape index (κ3) is 9.84. The Balaban J connectivity index is 3.03. The zero-order chi connectivity index (χ0) is 9.94. The molecule has 0 aliphatic carbocycles. The molecule has 2 nitrogen and oxygen atoms in total. The number of hydrogen-bond acceptors (Lipinski definition) is 2. The van der Waals surface area contributed by atoms with Crippen molar-refractivity contribution in [3.8, 4) is 0 Å². The summed E-state index contributed by atoms with van der Waals surface area (Å²) in [4.78, 5) is 0. The minimum atomic E-state index is 0.139.